The highest BCUT2D eigenvalue weighted by Gasteiger charge is 3.16. The first-order valence-electron chi connectivity index (χ1n) is 18.5. The molecule has 0 N–H and O–H groups in total. The molecule has 7 heteroatoms. The van der Waals surface area contributed by atoms with Crippen LogP contribution in [0.1, 0.15) is 166 Å². The smallest absolute Gasteiger partial charge is 0.0488 e. The van der Waals surface area contributed by atoms with E-state index in [1.54, 1.807) is 0 Å². The second kappa shape index (κ2) is 9.85. The molecule has 0 aromatic carbocycles. The molecule has 0 aromatic rings. The lowest BCUT2D eigenvalue weighted by atomic mass is 10.2. The average molecular weight is 728 g/mol. The third-order valence-corrected chi connectivity index (χ3v) is 232. The summed E-state index contributed by atoms with van der Waals surface area (Å²) in [5.41, 5.74) is 1.87. The van der Waals surface area contributed by atoms with E-state index in [0.717, 1.165) is 0 Å². The first-order chi connectivity index (χ1) is 18.5. The van der Waals surface area contributed by atoms with Gasteiger partial charge in [0.2, 0.25) is 0 Å². The van der Waals surface area contributed by atoms with Crippen molar-refractivity contribution < 1.29 is 0 Å². The molecule has 0 aliphatic carbocycles. The van der Waals surface area contributed by atoms with Gasteiger partial charge in [0.1, 0.15) is 0 Å². The number of hydrogen-bond acceptors (Lipinski definition) is 0. The molecule has 0 saturated carbocycles. The monoisotopic (exact) mass is 727 g/mol. The lowest BCUT2D eigenvalue weighted by molar-refractivity contribution is 0.623. The Hall–Kier alpha value is 1.52. The Morgan fingerprint density at radius 1 is 0.273 bits per heavy atom. The summed E-state index contributed by atoms with van der Waals surface area (Å²) in [7, 11) is -7.47. The van der Waals surface area contributed by atoms with Gasteiger partial charge < -0.3 is 0 Å². The molecule has 2 unspecified atom stereocenters. The van der Waals surface area contributed by atoms with Gasteiger partial charge in [0.05, 0.1) is 0 Å². The van der Waals surface area contributed by atoms with Crippen molar-refractivity contribution in [3.05, 3.63) is 0 Å². The van der Waals surface area contributed by atoms with Gasteiger partial charge >= 0.3 is 0 Å². The summed E-state index contributed by atoms with van der Waals surface area (Å²) >= 11 is 0. The van der Waals surface area contributed by atoms with Crippen LogP contribution in [0.4, 0.5) is 0 Å². The van der Waals surface area contributed by atoms with E-state index in [4.69, 9.17) is 0 Å². The van der Waals surface area contributed by atoms with Crippen LogP contribution in [0.2, 0.25) is 72.2 Å². The van der Waals surface area contributed by atoms with Gasteiger partial charge in [-0.1, -0.05) is 198 Å². The topological polar surface area (TPSA) is 0 Å². The highest BCUT2D eigenvalue weighted by atomic mass is 30.7. The van der Waals surface area contributed by atoms with Crippen LogP contribution in [0.25, 0.3) is 0 Å². The van der Waals surface area contributed by atoms with Crippen molar-refractivity contribution in [2.75, 3.05) is 0 Å². The summed E-state index contributed by atoms with van der Waals surface area (Å²) in [6.45, 7) is 76.3. The molecule has 2 rings (SSSR count). The van der Waals surface area contributed by atoms with E-state index in [0.29, 0.717) is 40.3 Å². The van der Waals surface area contributed by atoms with Crippen LogP contribution in [0.5, 0.6) is 0 Å². The molecule has 262 valence electrons. The lowest BCUT2D eigenvalue weighted by Gasteiger charge is -2.72. The number of rotatable bonds is 4. The minimum Gasteiger partial charge on any atom is -0.0736 e. The minimum atomic E-state index is -1.92. The highest BCUT2D eigenvalue weighted by molar-refractivity contribution is 8.57. The Bertz CT molecular complexity index is 980. The molecule has 2 fully saturated rings. The van der Waals surface area contributed by atoms with E-state index in [1.807, 2.05) is 5.67 Å². The zero-order chi connectivity index (χ0) is 36.2. The lowest BCUT2D eigenvalue weighted by Crippen LogP contribution is -2.91. The van der Waals surface area contributed by atoms with Crippen molar-refractivity contribution in [3.8, 4) is 0 Å². The summed E-state index contributed by atoms with van der Waals surface area (Å²) in [6.07, 6.45) is -1.84. The van der Waals surface area contributed by atoms with Crippen molar-refractivity contribution in [1.29, 1.82) is 0 Å². The molecule has 0 spiro atoms. The fraction of sp³-hybridized carbons (Fsp3) is 1.00. The van der Waals surface area contributed by atoms with Gasteiger partial charge in [-0.3, -0.25) is 0 Å². The molecular formula is C37H86Si7. The summed E-state index contributed by atoms with van der Waals surface area (Å²) < 4.78 is 0. The fourth-order valence-electron chi connectivity index (χ4n) is 14.7. The van der Waals surface area contributed by atoms with Gasteiger partial charge in [-0.25, -0.2) is 0 Å². The van der Waals surface area contributed by atoms with Gasteiger partial charge in [0.25, 0.3) is 0 Å². The van der Waals surface area contributed by atoms with E-state index in [9.17, 15) is 0 Å². The molecule has 0 bridgehead atoms. The Kier molecular flexibility index (Phi) is 9.33. The van der Waals surface area contributed by atoms with Crippen LogP contribution in [0.15, 0.2) is 0 Å². The Morgan fingerprint density at radius 3 is 0.523 bits per heavy atom. The Labute approximate surface area is 286 Å². The maximum atomic E-state index is 3.15. The quantitative estimate of drug-likeness (QED) is 0.253. The molecule has 2 aliphatic heterocycles. The molecule has 0 radical (unpaired) electrons. The predicted molar refractivity (Wildman–Crippen MR) is 226 cm³/mol. The molecule has 2 atom stereocenters. The van der Waals surface area contributed by atoms with Crippen molar-refractivity contribution >= 4 is 49.8 Å². The van der Waals surface area contributed by atoms with Gasteiger partial charge in [-0.2, -0.15) is 0 Å². The highest BCUT2D eigenvalue weighted by Crippen LogP contribution is 2.93. The second-order valence-electron chi connectivity index (χ2n) is 25.2. The van der Waals surface area contributed by atoms with E-state index in [-0.39, 0.29) is 0 Å². The molecule has 0 aromatic heterocycles. The second-order valence-corrected chi connectivity index (χ2v) is 107. The van der Waals surface area contributed by atoms with Crippen LogP contribution in [-0.2, 0) is 0 Å². The molecular weight excluding hydrogens is 641 g/mol. The van der Waals surface area contributed by atoms with Gasteiger partial charge in [-0.15, -0.1) is 0 Å². The molecule has 2 aliphatic rings. The number of hydrogen-bond donors (Lipinski definition) is 0. The summed E-state index contributed by atoms with van der Waals surface area (Å²) in [6, 6.07) is 0. The maximum Gasteiger partial charge on any atom is 0.0488 e. The third kappa shape index (κ3) is 4.10. The van der Waals surface area contributed by atoms with E-state index >= 15 is 0 Å². The van der Waals surface area contributed by atoms with Crippen molar-refractivity contribution in [3.63, 3.8) is 0 Å². The molecule has 0 amide bonds. The maximum absolute atomic E-state index is 3.15. The Morgan fingerprint density at radius 2 is 0.409 bits per heavy atom. The zero-order valence-electron chi connectivity index (χ0n) is 36.2. The van der Waals surface area contributed by atoms with Crippen LogP contribution < -0.4 is 0 Å². The first kappa shape index (κ1) is 41.7. The largest absolute Gasteiger partial charge is 0.0736 e. The summed E-state index contributed by atoms with van der Waals surface area (Å²) in [4.78, 5) is 0. The zero-order valence-corrected chi connectivity index (χ0v) is 43.2. The average Bonchev–Trinajstić information content (AvgIpc) is 3.52. The number of fused-ring (bicyclic) bond motifs is 1. The fourth-order valence-corrected chi connectivity index (χ4v) is 497. The molecule has 0 nitrogen and oxygen atoms in total. The normalized spacial score (nSPS) is 26.5. The van der Waals surface area contributed by atoms with Gasteiger partial charge in [-0.05, 0) is 40.3 Å². The first-order valence-corrected chi connectivity index (χ1v) is 41.9. The van der Waals surface area contributed by atoms with E-state index < -0.39 is 49.8 Å². The van der Waals surface area contributed by atoms with Crippen LogP contribution >= 0.6 is 0 Å². The van der Waals surface area contributed by atoms with Crippen molar-refractivity contribution in [2.45, 2.75) is 238 Å². The Balaban J connectivity index is 3.76. The molecule has 2 saturated heterocycles. The minimum absolute atomic E-state index is 0.422. The SMILES string of the molecule is CC(C)(C)[Si](C)(C(C)(C)C)[Si]12C[Si]1([Si](C)(C(C)(C)C)C(C)(C)C)[Si]2([Si](C)(C(C)(C)C)C(C)(C)C)[Si](C)(C(C)(C)C)C(C)(C)C. The predicted octanol–water partition coefficient (Wildman–Crippen LogP) is 14.2. The van der Waals surface area contributed by atoms with E-state index in [2.05, 4.69) is 192 Å². The van der Waals surface area contributed by atoms with Crippen LogP contribution in [-0.4, -0.2) is 49.8 Å². The van der Waals surface area contributed by atoms with Gasteiger partial charge in [0.15, 0.2) is 0 Å². The third-order valence-electron chi connectivity index (χ3n) is 17.6. The van der Waals surface area contributed by atoms with Crippen molar-refractivity contribution in [2.24, 2.45) is 0 Å². The standard InChI is InChI=1S/C37H86Si7/c1-30(2,3)38(25,31(4,5)6)42-29-43(42,39(26,32(7,8)9)33(10,11)12)44(42,40(27,34(13,14)15)35(16,17)18)41(28,36(19,20)21)37(22,23)24/h29H2,1-28H3. The van der Waals surface area contributed by atoms with Crippen LogP contribution in [0.3, 0.4) is 0 Å². The summed E-state index contributed by atoms with van der Waals surface area (Å²) in [5.74, 6) is 0. The molecule has 44 heavy (non-hydrogen) atoms. The van der Waals surface area contributed by atoms with Gasteiger partial charge in [0, 0.05) is 49.8 Å². The van der Waals surface area contributed by atoms with Crippen molar-refractivity contribution in [1.82, 2.24) is 0 Å². The van der Waals surface area contributed by atoms with E-state index in [1.165, 1.54) is 0 Å². The summed E-state index contributed by atoms with van der Waals surface area (Å²) in [5, 5.41) is 3.48. The van der Waals surface area contributed by atoms with Crippen LogP contribution in [0, 0.1) is 0 Å². The molecule has 2 heterocycles.